The number of hydrogen-bond donors (Lipinski definition) is 1. The fourth-order valence-corrected chi connectivity index (χ4v) is 2.48. The Morgan fingerprint density at radius 2 is 2.11 bits per heavy atom. The zero-order chi connectivity index (χ0) is 14.6. The highest BCUT2D eigenvalue weighted by molar-refractivity contribution is 8.00. The van der Waals surface area contributed by atoms with E-state index in [0.29, 0.717) is 5.69 Å². The van der Waals surface area contributed by atoms with Gasteiger partial charge < -0.3 is 10.5 Å². The molecule has 108 valence electrons. The van der Waals surface area contributed by atoms with E-state index in [1.54, 1.807) is 4.68 Å². The van der Waals surface area contributed by atoms with Gasteiger partial charge in [-0.1, -0.05) is 25.1 Å². The van der Waals surface area contributed by atoms with Crippen molar-refractivity contribution in [2.75, 3.05) is 11.5 Å². The summed E-state index contributed by atoms with van der Waals surface area (Å²) in [6.45, 7) is 7.65. The fraction of sp³-hybridized carbons (Fsp3) is 0.692. The van der Waals surface area contributed by atoms with Crippen LogP contribution in [0.4, 0.5) is 5.69 Å². The maximum Gasteiger partial charge on any atom is 0.316 e. The molecule has 0 aromatic carbocycles. The van der Waals surface area contributed by atoms with Gasteiger partial charge in [0.1, 0.15) is 10.6 Å². The zero-order valence-corrected chi connectivity index (χ0v) is 13.1. The SMILES string of the molecule is CCCc1nn(C)c(SCC(=O)OC(C)(C)C)c1N. The van der Waals surface area contributed by atoms with Crippen molar-refractivity contribution in [1.29, 1.82) is 0 Å². The van der Waals surface area contributed by atoms with Crippen molar-refractivity contribution < 1.29 is 9.53 Å². The van der Waals surface area contributed by atoms with Gasteiger partial charge in [0.2, 0.25) is 0 Å². The highest BCUT2D eigenvalue weighted by Crippen LogP contribution is 2.28. The molecule has 2 N–H and O–H groups in total. The molecule has 0 bridgehead atoms. The summed E-state index contributed by atoms with van der Waals surface area (Å²) >= 11 is 1.37. The topological polar surface area (TPSA) is 70.1 Å². The number of aryl methyl sites for hydroxylation is 2. The first-order chi connectivity index (χ1) is 8.74. The van der Waals surface area contributed by atoms with Crippen LogP contribution in [-0.2, 0) is 23.0 Å². The largest absolute Gasteiger partial charge is 0.459 e. The second kappa shape index (κ2) is 6.32. The molecule has 0 aliphatic heterocycles. The maximum absolute atomic E-state index is 11.7. The highest BCUT2D eigenvalue weighted by Gasteiger charge is 2.19. The van der Waals surface area contributed by atoms with E-state index in [1.165, 1.54) is 11.8 Å². The molecule has 6 heteroatoms. The lowest BCUT2D eigenvalue weighted by Crippen LogP contribution is -2.25. The van der Waals surface area contributed by atoms with Crippen molar-refractivity contribution in [2.24, 2.45) is 7.05 Å². The molecule has 5 nitrogen and oxygen atoms in total. The molecular weight excluding hydrogens is 262 g/mol. The van der Waals surface area contributed by atoms with Crippen molar-refractivity contribution in [1.82, 2.24) is 9.78 Å². The Hall–Kier alpha value is -1.17. The van der Waals surface area contributed by atoms with Crippen molar-refractivity contribution >= 4 is 23.4 Å². The summed E-state index contributed by atoms with van der Waals surface area (Å²) in [5, 5.41) is 5.20. The minimum absolute atomic E-state index is 0.241. The van der Waals surface area contributed by atoms with Gasteiger partial charge in [0.15, 0.2) is 0 Å². The van der Waals surface area contributed by atoms with Gasteiger partial charge in [-0.15, -0.1) is 0 Å². The van der Waals surface area contributed by atoms with Crippen LogP contribution in [0.25, 0.3) is 0 Å². The Bertz CT molecular complexity index is 449. The van der Waals surface area contributed by atoms with Crippen molar-refractivity contribution in [3.63, 3.8) is 0 Å². The summed E-state index contributed by atoms with van der Waals surface area (Å²) in [7, 11) is 1.84. The number of nitrogen functional groups attached to an aromatic ring is 1. The van der Waals surface area contributed by atoms with E-state index in [9.17, 15) is 4.79 Å². The molecule has 0 unspecified atom stereocenters. The smallest absolute Gasteiger partial charge is 0.316 e. The molecular formula is C13H23N3O2S. The van der Waals surface area contributed by atoms with Gasteiger partial charge in [0.05, 0.1) is 17.1 Å². The lowest BCUT2D eigenvalue weighted by Gasteiger charge is -2.19. The van der Waals surface area contributed by atoms with E-state index in [4.69, 9.17) is 10.5 Å². The lowest BCUT2D eigenvalue weighted by atomic mass is 10.2. The number of nitrogens with zero attached hydrogens (tertiary/aromatic N) is 2. The predicted molar refractivity (Wildman–Crippen MR) is 78.2 cm³/mol. The van der Waals surface area contributed by atoms with Crippen LogP contribution >= 0.6 is 11.8 Å². The first-order valence-corrected chi connectivity index (χ1v) is 7.39. The van der Waals surface area contributed by atoms with Crippen LogP contribution in [0.3, 0.4) is 0 Å². The standard InChI is InChI=1S/C13H23N3O2S/c1-6-7-9-11(14)12(16(5)15-9)19-8-10(17)18-13(2,3)4/h6-8,14H2,1-5H3. The monoisotopic (exact) mass is 285 g/mol. The third-order valence-electron chi connectivity index (χ3n) is 2.34. The Morgan fingerprint density at radius 1 is 1.47 bits per heavy atom. The number of esters is 1. The maximum atomic E-state index is 11.7. The number of anilines is 1. The number of carbonyl (C=O) groups is 1. The van der Waals surface area contributed by atoms with Gasteiger partial charge in [0, 0.05) is 7.05 Å². The number of rotatable bonds is 5. The molecule has 0 saturated heterocycles. The molecule has 1 aromatic rings. The van der Waals surface area contributed by atoms with E-state index >= 15 is 0 Å². The average Bonchev–Trinajstić information content (AvgIpc) is 2.50. The molecule has 1 heterocycles. The summed E-state index contributed by atoms with van der Waals surface area (Å²) in [4.78, 5) is 11.7. The Kier molecular flexibility index (Phi) is 5.29. The first-order valence-electron chi connectivity index (χ1n) is 6.40. The van der Waals surface area contributed by atoms with E-state index in [0.717, 1.165) is 23.6 Å². The van der Waals surface area contributed by atoms with Crippen molar-refractivity contribution in [2.45, 2.75) is 51.2 Å². The molecule has 0 spiro atoms. The van der Waals surface area contributed by atoms with Crippen LogP contribution in [0.1, 0.15) is 39.8 Å². The van der Waals surface area contributed by atoms with Crippen LogP contribution in [0.15, 0.2) is 5.03 Å². The summed E-state index contributed by atoms with van der Waals surface area (Å²) in [6.07, 6.45) is 1.85. The molecule has 1 aromatic heterocycles. The molecule has 0 radical (unpaired) electrons. The summed E-state index contributed by atoms with van der Waals surface area (Å²) in [5.74, 6) is 0.00202. The molecule has 0 atom stereocenters. The molecule has 0 amide bonds. The Morgan fingerprint density at radius 3 is 2.63 bits per heavy atom. The molecule has 0 fully saturated rings. The number of thioether (sulfide) groups is 1. The normalized spacial score (nSPS) is 11.6. The number of ether oxygens (including phenoxy) is 1. The third kappa shape index (κ3) is 4.78. The van der Waals surface area contributed by atoms with Gasteiger partial charge in [0.25, 0.3) is 0 Å². The van der Waals surface area contributed by atoms with Crippen molar-refractivity contribution in [3.8, 4) is 0 Å². The highest BCUT2D eigenvalue weighted by atomic mass is 32.2. The number of hydrogen-bond acceptors (Lipinski definition) is 5. The summed E-state index contributed by atoms with van der Waals surface area (Å²) in [6, 6.07) is 0. The van der Waals surface area contributed by atoms with Gasteiger partial charge in [-0.25, -0.2) is 0 Å². The molecule has 0 aliphatic rings. The molecule has 1 rings (SSSR count). The molecule has 19 heavy (non-hydrogen) atoms. The minimum Gasteiger partial charge on any atom is -0.459 e. The number of aromatic nitrogens is 2. The lowest BCUT2D eigenvalue weighted by molar-refractivity contribution is -0.151. The summed E-state index contributed by atoms with van der Waals surface area (Å²) in [5.41, 5.74) is 7.17. The molecule has 0 aliphatic carbocycles. The Labute approximate surface area is 118 Å². The van der Waals surface area contributed by atoms with Crippen LogP contribution in [0.5, 0.6) is 0 Å². The second-order valence-electron chi connectivity index (χ2n) is 5.41. The van der Waals surface area contributed by atoms with Crippen LogP contribution in [0, 0.1) is 0 Å². The number of carbonyl (C=O) groups excluding carboxylic acids is 1. The van der Waals surface area contributed by atoms with Crippen LogP contribution in [0.2, 0.25) is 0 Å². The second-order valence-corrected chi connectivity index (χ2v) is 6.38. The quantitative estimate of drug-likeness (QED) is 0.664. The summed E-state index contributed by atoms with van der Waals surface area (Å²) < 4.78 is 6.99. The first kappa shape index (κ1) is 15.9. The molecule has 0 saturated carbocycles. The van der Waals surface area contributed by atoms with E-state index < -0.39 is 5.60 Å². The van der Waals surface area contributed by atoms with E-state index in [1.807, 2.05) is 27.8 Å². The van der Waals surface area contributed by atoms with Gasteiger partial charge in [-0.2, -0.15) is 5.10 Å². The Balaban J connectivity index is 2.65. The van der Waals surface area contributed by atoms with Gasteiger partial charge >= 0.3 is 5.97 Å². The van der Waals surface area contributed by atoms with Crippen molar-refractivity contribution in [3.05, 3.63) is 5.69 Å². The fourth-order valence-electron chi connectivity index (χ4n) is 1.67. The van der Waals surface area contributed by atoms with Crippen LogP contribution < -0.4 is 5.73 Å². The number of nitrogens with two attached hydrogens (primary N) is 1. The minimum atomic E-state index is -0.455. The van der Waals surface area contributed by atoms with E-state index in [2.05, 4.69) is 12.0 Å². The average molecular weight is 285 g/mol. The van der Waals surface area contributed by atoms with Crippen LogP contribution in [-0.4, -0.2) is 27.1 Å². The predicted octanol–water partition coefficient (Wildman–Crippen LogP) is 2.39. The van der Waals surface area contributed by atoms with Gasteiger partial charge in [-0.3, -0.25) is 9.48 Å². The van der Waals surface area contributed by atoms with E-state index in [-0.39, 0.29) is 11.7 Å². The van der Waals surface area contributed by atoms with Gasteiger partial charge in [-0.05, 0) is 27.2 Å². The third-order valence-corrected chi connectivity index (χ3v) is 3.48. The zero-order valence-electron chi connectivity index (χ0n) is 12.3.